The zero-order chi connectivity index (χ0) is 13.9. The number of hydrogen-bond donors (Lipinski definition) is 1. The predicted molar refractivity (Wildman–Crippen MR) is 83.3 cm³/mol. The second-order valence-corrected chi connectivity index (χ2v) is 5.27. The van der Waals surface area contributed by atoms with Crippen molar-refractivity contribution in [1.82, 2.24) is 9.97 Å². The Hall–Kier alpha value is -1.87. The number of rotatable bonds is 3. The summed E-state index contributed by atoms with van der Waals surface area (Å²) in [6, 6.07) is 8.07. The molecule has 0 saturated heterocycles. The molecular formula is C16H16ClN3. The lowest BCUT2D eigenvalue weighted by atomic mass is 10.1. The minimum Gasteiger partial charge on any atom is -0.325 e. The maximum absolute atomic E-state index is 6.26. The number of hydrogen-bond acceptors (Lipinski definition) is 3. The SMILES string of the molecule is CCc1ccnc(Nc2ccc3c(n2)=C(Cl)CCC=3)c1. The van der Waals surface area contributed by atoms with E-state index < -0.39 is 0 Å². The molecule has 0 unspecified atom stereocenters. The molecule has 3 nitrogen and oxygen atoms in total. The van der Waals surface area contributed by atoms with Gasteiger partial charge in [-0.1, -0.05) is 24.6 Å². The first-order valence-corrected chi connectivity index (χ1v) is 7.22. The van der Waals surface area contributed by atoms with Crippen molar-refractivity contribution in [2.75, 3.05) is 5.32 Å². The molecule has 2 aromatic heterocycles. The van der Waals surface area contributed by atoms with Crippen molar-refractivity contribution in [3.05, 3.63) is 46.6 Å². The van der Waals surface area contributed by atoms with Crippen molar-refractivity contribution < 1.29 is 0 Å². The Kier molecular flexibility index (Phi) is 3.70. The summed E-state index contributed by atoms with van der Waals surface area (Å²) in [6.07, 6.45) is 6.83. The van der Waals surface area contributed by atoms with E-state index >= 15 is 0 Å². The summed E-state index contributed by atoms with van der Waals surface area (Å²) in [6.45, 7) is 2.13. The first-order valence-electron chi connectivity index (χ1n) is 6.84. The highest BCUT2D eigenvalue weighted by atomic mass is 35.5. The van der Waals surface area contributed by atoms with Crippen molar-refractivity contribution in [2.45, 2.75) is 26.2 Å². The fourth-order valence-electron chi connectivity index (χ4n) is 2.29. The minimum atomic E-state index is 0.776. The fourth-order valence-corrected chi connectivity index (χ4v) is 2.55. The summed E-state index contributed by atoms with van der Waals surface area (Å²) in [4.78, 5) is 8.91. The van der Waals surface area contributed by atoms with Gasteiger partial charge in [0.05, 0.1) is 5.35 Å². The molecule has 0 atom stereocenters. The number of fused-ring (bicyclic) bond motifs is 1. The molecule has 1 N–H and O–H groups in total. The molecule has 0 aliphatic heterocycles. The lowest BCUT2D eigenvalue weighted by Crippen LogP contribution is -2.32. The Labute approximate surface area is 123 Å². The van der Waals surface area contributed by atoms with Crippen LogP contribution in [0.15, 0.2) is 30.5 Å². The van der Waals surface area contributed by atoms with Crippen molar-refractivity contribution >= 4 is 34.3 Å². The Morgan fingerprint density at radius 3 is 3.00 bits per heavy atom. The van der Waals surface area contributed by atoms with Crippen LogP contribution in [0.5, 0.6) is 0 Å². The van der Waals surface area contributed by atoms with Gasteiger partial charge < -0.3 is 5.32 Å². The zero-order valence-corrected chi connectivity index (χ0v) is 12.1. The van der Waals surface area contributed by atoms with E-state index in [1.54, 1.807) is 0 Å². The predicted octanol–water partition coefficient (Wildman–Crippen LogP) is 2.70. The number of halogens is 1. The highest BCUT2D eigenvalue weighted by Gasteiger charge is 2.05. The second kappa shape index (κ2) is 5.63. The Morgan fingerprint density at radius 2 is 2.15 bits per heavy atom. The van der Waals surface area contributed by atoms with Gasteiger partial charge in [0, 0.05) is 11.2 Å². The molecule has 4 heteroatoms. The topological polar surface area (TPSA) is 37.8 Å². The summed E-state index contributed by atoms with van der Waals surface area (Å²) < 4.78 is 0. The third kappa shape index (κ3) is 2.68. The number of pyridine rings is 2. The lowest BCUT2D eigenvalue weighted by Gasteiger charge is -2.08. The first kappa shape index (κ1) is 13.1. The van der Waals surface area contributed by atoms with Gasteiger partial charge in [0.2, 0.25) is 0 Å². The maximum atomic E-state index is 6.26. The number of anilines is 2. The Balaban J connectivity index is 1.96. The van der Waals surface area contributed by atoms with Gasteiger partial charge in [-0.15, -0.1) is 0 Å². The summed E-state index contributed by atoms with van der Waals surface area (Å²) >= 11 is 6.26. The van der Waals surface area contributed by atoms with Crippen LogP contribution in [-0.4, -0.2) is 9.97 Å². The van der Waals surface area contributed by atoms with Crippen molar-refractivity contribution in [3.8, 4) is 0 Å². The van der Waals surface area contributed by atoms with E-state index in [0.717, 1.165) is 46.5 Å². The minimum absolute atomic E-state index is 0.776. The smallest absolute Gasteiger partial charge is 0.132 e. The van der Waals surface area contributed by atoms with Gasteiger partial charge in [0.1, 0.15) is 11.6 Å². The summed E-state index contributed by atoms with van der Waals surface area (Å²) in [5.41, 5.74) is 1.25. The van der Waals surface area contributed by atoms with Crippen molar-refractivity contribution in [2.24, 2.45) is 0 Å². The van der Waals surface area contributed by atoms with E-state index in [4.69, 9.17) is 11.6 Å². The van der Waals surface area contributed by atoms with Crippen LogP contribution < -0.4 is 15.9 Å². The van der Waals surface area contributed by atoms with Crippen molar-refractivity contribution in [3.63, 3.8) is 0 Å². The average molecular weight is 286 g/mol. The third-order valence-electron chi connectivity index (χ3n) is 3.40. The monoisotopic (exact) mass is 285 g/mol. The number of aryl methyl sites for hydroxylation is 1. The van der Waals surface area contributed by atoms with E-state index in [-0.39, 0.29) is 0 Å². The number of aromatic nitrogens is 2. The van der Waals surface area contributed by atoms with Crippen LogP contribution in [0.2, 0.25) is 0 Å². The zero-order valence-electron chi connectivity index (χ0n) is 11.4. The molecule has 1 aliphatic rings. The van der Waals surface area contributed by atoms with Crippen LogP contribution in [0.25, 0.3) is 11.1 Å². The molecule has 1 aliphatic carbocycles. The molecule has 2 aromatic rings. The summed E-state index contributed by atoms with van der Waals surface area (Å²) in [5, 5.41) is 6.07. The van der Waals surface area contributed by atoms with Gasteiger partial charge in [0.15, 0.2) is 0 Å². The van der Waals surface area contributed by atoms with Crippen LogP contribution in [0.1, 0.15) is 25.3 Å². The molecule has 0 bridgehead atoms. The van der Waals surface area contributed by atoms with Gasteiger partial charge in [-0.3, -0.25) is 0 Å². The molecule has 2 heterocycles. The normalized spacial score (nSPS) is 13.6. The fraction of sp³-hybridized carbons (Fsp3) is 0.250. The lowest BCUT2D eigenvalue weighted by molar-refractivity contribution is 1.06. The largest absolute Gasteiger partial charge is 0.325 e. The van der Waals surface area contributed by atoms with Crippen LogP contribution in [-0.2, 0) is 6.42 Å². The molecular weight excluding hydrogens is 270 g/mol. The van der Waals surface area contributed by atoms with Crippen LogP contribution >= 0.6 is 11.6 Å². The molecule has 0 amide bonds. The molecule has 0 saturated carbocycles. The van der Waals surface area contributed by atoms with E-state index in [1.807, 2.05) is 24.4 Å². The molecule has 102 valence electrons. The van der Waals surface area contributed by atoms with E-state index in [2.05, 4.69) is 34.4 Å². The molecule has 0 radical (unpaired) electrons. The van der Waals surface area contributed by atoms with Crippen LogP contribution in [0.3, 0.4) is 0 Å². The summed E-state index contributed by atoms with van der Waals surface area (Å²) in [5.74, 6) is 1.59. The van der Waals surface area contributed by atoms with Gasteiger partial charge in [-0.2, -0.15) is 0 Å². The molecule has 0 fully saturated rings. The molecule has 20 heavy (non-hydrogen) atoms. The number of nitrogens with zero attached hydrogens (tertiary/aromatic N) is 2. The first-order chi connectivity index (χ1) is 9.76. The van der Waals surface area contributed by atoms with Gasteiger partial charge in [-0.25, -0.2) is 9.97 Å². The number of nitrogens with one attached hydrogen (secondary N) is 1. The maximum Gasteiger partial charge on any atom is 0.132 e. The Bertz CT molecular complexity index is 753. The highest BCUT2D eigenvalue weighted by Crippen LogP contribution is 2.14. The van der Waals surface area contributed by atoms with Gasteiger partial charge >= 0.3 is 0 Å². The van der Waals surface area contributed by atoms with Gasteiger partial charge in [-0.05, 0) is 54.3 Å². The Morgan fingerprint density at radius 1 is 1.25 bits per heavy atom. The van der Waals surface area contributed by atoms with Crippen LogP contribution in [0, 0.1) is 0 Å². The third-order valence-corrected chi connectivity index (χ3v) is 3.77. The average Bonchev–Trinajstić information content (AvgIpc) is 2.48. The quantitative estimate of drug-likeness (QED) is 0.942. The molecule has 0 spiro atoms. The van der Waals surface area contributed by atoms with Crippen molar-refractivity contribution in [1.29, 1.82) is 0 Å². The summed E-state index contributed by atoms with van der Waals surface area (Å²) in [7, 11) is 0. The van der Waals surface area contributed by atoms with E-state index in [0.29, 0.717) is 0 Å². The standard InChI is InChI=1S/C16H16ClN3/c1-2-11-8-9-18-15(10-11)19-14-7-6-12-4-3-5-13(17)16(12)20-14/h4,6-10H,2-3,5H2,1H3,(H,18,19,20). The second-order valence-electron chi connectivity index (χ2n) is 4.81. The highest BCUT2D eigenvalue weighted by molar-refractivity contribution is 6.45. The van der Waals surface area contributed by atoms with Crippen LogP contribution in [0.4, 0.5) is 11.6 Å². The molecule has 0 aromatic carbocycles. The van der Waals surface area contributed by atoms with E-state index in [1.165, 1.54) is 5.56 Å². The van der Waals surface area contributed by atoms with Gasteiger partial charge in [0.25, 0.3) is 0 Å². The van der Waals surface area contributed by atoms with E-state index in [9.17, 15) is 0 Å². The molecule has 3 rings (SSSR count).